The molecule has 16 heavy (non-hydrogen) atoms. The van der Waals surface area contributed by atoms with E-state index in [0.29, 0.717) is 5.41 Å². The van der Waals surface area contributed by atoms with Crippen LogP contribution in [0.4, 0.5) is 0 Å². The van der Waals surface area contributed by atoms with Crippen molar-refractivity contribution in [1.29, 1.82) is 0 Å². The third-order valence-corrected chi connectivity index (χ3v) is 5.88. The summed E-state index contributed by atoms with van der Waals surface area (Å²) in [4.78, 5) is 11.8. The van der Waals surface area contributed by atoms with Crippen LogP contribution in [0.15, 0.2) is 0 Å². The summed E-state index contributed by atoms with van der Waals surface area (Å²) in [6.07, 6.45) is 5.94. The van der Waals surface area contributed by atoms with E-state index < -0.39 is 0 Å². The predicted octanol–water partition coefficient (Wildman–Crippen LogP) is 3.15. The van der Waals surface area contributed by atoms with Gasteiger partial charge in [-0.25, -0.2) is 0 Å². The number of esters is 1. The molecule has 0 heterocycles. The molecule has 0 radical (unpaired) electrons. The largest absolute Gasteiger partial charge is 0.462 e. The highest BCUT2D eigenvalue weighted by molar-refractivity contribution is 5.75. The lowest BCUT2D eigenvalue weighted by atomic mass is 9.70. The molecular weight excluding hydrogens is 200 g/mol. The molecule has 0 aliphatic heterocycles. The van der Waals surface area contributed by atoms with Crippen molar-refractivity contribution < 1.29 is 9.53 Å². The van der Waals surface area contributed by atoms with Crippen molar-refractivity contribution in [3.8, 4) is 0 Å². The van der Waals surface area contributed by atoms with Crippen LogP contribution in [0, 0.1) is 22.7 Å². The molecule has 0 saturated heterocycles. The Morgan fingerprint density at radius 1 is 1.19 bits per heavy atom. The van der Waals surface area contributed by atoms with E-state index in [1.54, 1.807) is 0 Å². The molecule has 2 bridgehead atoms. The monoisotopic (exact) mass is 222 g/mol. The zero-order valence-corrected chi connectivity index (χ0v) is 10.6. The summed E-state index contributed by atoms with van der Waals surface area (Å²) in [5.41, 5.74) is 0.573. The molecule has 0 amide bonds. The van der Waals surface area contributed by atoms with Gasteiger partial charge >= 0.3 is 5.97 Å². The zero-order valence-electron chi connectivity index (χ0n) is 10.6. The molecule has 3 atom stereocenters. The highest BCUT2D eigenvalue weighted by atomic mass is 16.5. The van der Waals surface area contributed by atoms with E-state index in [2.05, 4.69) is 20.8 Å². The lowest BCUT2D eigenvalue weighted by molar-refractivity contribution is -0.158. The summed E-state index contributed by atoms with van der Waals surface area (Å²) in [7, 11) is 0. The van der Waals surface area contributed by atoms with Crippen LogP contribution in [0.3, 0.4) is 0 Å². The molecule has 3 fully saturated rings. The zero-order chi connectivity index (χ0) is 11.6. The normalized spacial score (nSPS) is 44.7. The predicted molar refractivity (Wildman–Crippen MR) is 61.8 cm³/mol. The highest BCUT2D eigenvalue weighted by Gasteiger charge is 2.63. The molecule has 0 spiro atoms. The van der Waals surface area contributed by atoms with E-state index in [0.717, 1.165) is 25.2 Å². The van der Waals surface area contributed by atoms with Crippen molar-refractivity contribution in [2.24, 2.45) is 22.7 Å². The Hall–Kier alpha value is -0.530. The molecule has 3 aliphatic rings. The van der Waals surface area contributed by atoms with Crippen molar-refractivity contribution in [3.63, 3.8) is 0 Å². The summed E-state index contributed by atoms with van der Waals surface area (Å²) < 4.78 is 5.77. The van der Waals surface area contributed by atoms with E-state index in [-0.39, 0.29) is 23.4 Å². The maximum Gasteiger partial charge on any atom is 0.309 e. The van der Waals surface area contributed by atoms with Crippen LogP contribution >= 0.6 is 0 Å². The third kappa shape index (κ3) is 1.22. The van der Waals surface area contributed by atoms with Crippen LogP contribution in [0.25, 0.3) is 0 Å². The quantitative estimate of drug-likeness (QED) is 0.671. The van der Waals surface area contributed by atoms with Crippen molar-refractivity contribution in [3.05, 3.63) is 0 Å². The van der Waals surface area contributed by atoms with Gasteiger partial charge in [0.25, 0.3) is 0 Å². The van der Waals surface area contributed by atoms with Crippen LogP contribution < -0.4 is 0 Å². The van der Waals surface area contributed by atoms with E-state index in [1.807, 2.05) is 0 Å². The standard InChI is InChI=1S/C14H22O2/c1-13(2)10-6-7-14(13,3)11(8-10)16-12(15)9-4-5-9/h9-11H,4-8H2,1-3H3/t10-,11+,14+/m0/s1. The molecule has 3 saturated carbocycles. The molecule has 3 aliphatic carbocycles. The summed E-state index contributed by atoms with van der Waals surface area (Å²) in [6, 6.07) is 0. The minimum Gasteiger partial charge on any atom is -0.462 e. The summed E-state index contributed by atoms with van der Waals surface area (Å²) in [5.74, 6) is 1.08. The first kappa shape index (κ1) is 10.6. The fourth-order valence-corrected chi connectivity index (χ4v) is 3.86. The molecule has 0 aromatic rings. The first-order valence-corrected chi connectivity index (χ1v) is 6.65. The molecular formula is C14H22O2. The SMILES string of the molecule is CC1(C)[C@H]2CC[C@]1(C)[C@H](OC(=O)C1CC1)C2. The fourth-order valence-electron chi connectivity index (χ4n) is 3.86. The number of hydrogen-bond donors (Lipinski definition) is 0. The smallest absolute Gasteiger partial charge is 0.309 e. The van der Waals surface area contributed by atoms with Gasteiger partial charge in [0.1, 0.15) is 6.10 Å². The first-order valence-electron chi connectivity index (χ1n) is 6.65. The maximum atomic E-state index is 11.8. The molecule has 90 valence electrons. The number of carbonyl (C=O) groups excluding carboxylic acids is 1. The maximum absolute atomic E-state index is 11.8. The number of fused-ring (bicyclic) bond motifs is 2. The van der Waals surface area contributed by atoms with E-state index >= 15 is 0 Å². The van der Waals surface area contributed by atoms with Gasteiger partial charge in [0.15, 0.2) is 0 Å². The first-order chi connectivity index (χ1) is 7.45. The van der Waals surface area contributed by atoms with Gasteiger partial charge < -0.3 is 4.74 Å². The average molecular weight is 222 g/mol. The van der Waals surface area contributed by atoms with Gasteiger partial charge in [-0.1, -0.05) is 20.8 Å². The molecule has 2 heteroatoms. The Morgan fingerprint density at radius 2 is 1.88 bits per heavy atom. The van der Waals surface area contributed by atoms with E-state index in [9.17, 15) is 4.79 Å². The summed E-state index contributed by atoms with van der Waals surface area (Å²) in [5, 5.41) is 0. The van der Waals surface area contributed by atoms with Gasteiger partial charge in [-0.15, -0.1) is 0 Å². The minimum absolute atomic E-state index is 0.0783. The summed E-state index contributed by atoms with van der Waals surface area (Å²) >= 11 is 0. The highest BCUT2D eigenvalue weighted by Crippen LogP contribution is 2.66. The second kappa shape index (κ2) is 3.02. The Balaban J connectivity index is 1.76. The van der Waals surface area contributed by atoms with Gasteiger partial charge in [-0.3, -0.25) is 4.79 Å². The summed E-state index contributed by atoms with van der Waals surface area (Å²) in [6.45, 7) is 7.04. The third-order valence-electron chi connectivity index (χ3n) is 5.88. The van der Waals surface area contributed by atoms with E-state index in [1.165, 1.54) is 12.8 Å². The Bertz CT molecular complexity index is 330. The lowest BCUT2D eigenvalue weighted by Gasteiger charge is -2.38. The molecule has 3 rings (SSSR count). The average Bonchev–Trinajstić information content (AvgIpc) is 2.98. The Morgan fingerprint density at radius 3 is 2.31 bits per heavy atom. The van der Waals surface area contributed by atoms with E-state index in [4.69, 9.17) is 4.74 Å². The second-order valence-electron chi connectivity index (χ2n) is 6.81. The van der Waals surface area contributed by atoms with Gasteiger partial charge in [0, 0.05) is 5.41 Å². The number of carbonyl (C=O) groups is 1. The van der Waals surface area contributed by atoms with Crippen molar-refractivity contribution in [2.75, 3.05) is 0 Å². The van der Waals surface area contributed by atoms with Crippen LogP contribution in [0.5, 0.6) is 0 Å². The van der Waals surface area contributed by atoms with Crippen LogP contribution in [0.1, 0.15) is 52.9 Å². The van der Waals surface area contributed by atoms with Gasteiger partial charge in [-0.05, 0) is 43.4 Å². The lowest BCUT2D eigenvalue weighted by Crippen LogP contribution is -2.38. The van der Waals surface area contributed by atoms with Crippen molar-refractivity contribution >= 4 is 5.97 Å². The molecule has 0 N–H and O–H groups in total. The fraction of sp³-hybridized carbons (Fsp3) is 0.929. The van der Waals surface area contributed by atoms with Crippen LogP contribution in [0.2, 0.25) is 0 Å². The minimum atomic E-state index is 0.0783. The molecule has 0 unspecified atom stereocenters. The molecule has 0 aromatic heterocycles. The van der Waals surface area contributed by atoms with Crippen molar-refractivity contribution in [2.45, 2.75) is 59.0 Å². The van der Waals surface area contributed by atoms with Crippen LogP contribution in [-0.2, 0) is 9.53 Å². The second-order valence-corrected chi connectivity index (χ2v) is 6.81. The topological polar surface area (TPSA) is 26.3 Å². The van der Waals surface area contributed by atoms with Gasteiger partial charge in [0.2, 0.25) is 0 Å². The number of rotatable bonds is 2. The Labute approximate surface area is 97.7 Å². The molecule has 0 aromatic carbocycles. The number of ether oxygens (including phenoxy) is 1. The Kier molecular flexibility index (Phi) is 2.01. The number of hydrogen-bond acceptors (Lipinski definition) is 2. The van der Waals surface area contributed by atoms with Gasteiger partial charge in [-0.2, -0.15) is 0 Å². The van der Waals surface area contributed by atoms with Gasteiger partial charge in [0.05, 0.1) is 5.92 Å². The molecule has 2 nitrogen and oxygen atoms in total. The van der Waals surface area contributed by atoms with Crippen molar-refractivity contribution in [1.82, 2.24) is 0 Å². The van der Waals surface area contributed by atoms with Crippen LogP contribution in [-0.4, -0.2) is 12.1 Å².